The highest BCUT2D eigenvalue weighted by Gasteiger charge is 2.24. The first-order valence-corrected chi connectivity index (χ1v) is 9.64. The van der Waals surface area contributed by atoms with Crippen LogP contribution in [0.3, 0.4) is 0 Å². The van der Waals surface area contributed by atoms with E-state index in [0.29, 0.717) is 6.04 Å². The molecule has 0 spiro atoms. The molecular weight excluding hydrogens is 314 g/mol. The number of likely N-dealkylation sites (tertiary alicyclic amines) is 1. The zero-order chi connectivity index (χ0) is 17.5. The number of hydrogen-bond donors (Lipinski definition) is 2. The molecule has 0 bridgehead atoms. The number of piperidine rings is 1. The van der Waals surface area contributed by atoms with Crippen LogP contribution in [0.15, 0.2) is 30.3 Å². The number of hydrogen-bond acceptors (Lipinski definition) is 3. The van der Waals surface area contributed by atoms with Crippen LogP contribution in [0.25, 0.3) is 0 Å². The second-order valence-electron chi connectivity index (χ2n) is 7.37. The van der Waals surface area contributed by atoms with Crippen molar-refractivity contribution in [2.24, 2.45) is 0 Å². The molecule has 0 aliphatic carbocycles. The summed E-state index contributed by atoms with van der Waals surface area (Å²) in [5, 5.41) is 6.27. The number of rotatable bonds is 5. The van der Waals surface area contributed by atoms with E-state index in [2.05, 4.69) is 52.8 Å². The van der Waals surface area contributed by atoms with Crippen LogP contribution in [0, 0.1) is 0 Å². The average Bonchev–Trinajstić information content (AvgIpc) is 2.62. The van der Waals surface area contributed by atoms with Gasteiger partial charge in [-0.1, -0.05) is 30.3 Å². The fourth-order valence-corrected chi connectivity index (χ4v) is 3.77. The normalized spacial score (nSPS) is 25.5. The van der Waals surface area contributed by atoms with Gasteiger partial charge in [0.15, 0.2) is 0 Å². The quantitative estimate of drug-likeness (QED) is 0.862. The van der Waals surface area contributed by atoms with E-state index in [-0.39, 0.29) is 18.2 Å². The van der Waals surface area contributed by atoms with Crippen molar-refractivity contribution >= 4 is 6.03 Å². The summed E-state index contributed by atoms with van der Waals surface area (Å²) < 4.78 is 5.53. The molecule has 1 aromatic carbocycles. The zero-order valence-electron chi connectivity index (χ0n) is 15.2. The van der Waals surface area contributed by atoms with Gasteiger partial charge >= 0.3 is 6.03 Å². The lowest BCUT2D eigenvalue weighted by Crippen LogP contribution is -2.51. The molecule has 2 aliphatic heterocycles. The first kappa shape index (κ1) is 18.2. The Morgan fingerprint density at radius 2 is 1.84 bits per heavy atom. The van der Waals surface area contributed by atoms with Gasteiger partial charge in [-0.25, -0.2) is 4.79 Å². The zero-order valence-corrected chi connectivity index (χ0v) is 15.2. The SMILES string of the molecule is C[C@@H]1C[C@H](NC(=O)NC2CCN(CCc3ccccc3)CC2)CCO1. The number of benzene rings is 1. The Kier molecular flexibility index (Phi) is 6.70. The van der Waals surface area contributed by atoms with Crippen molar-refractivity contribution in [2.45, 2.75) is 57.2 Å². The van der Waals surface area contributed by atoms with Crippen LogP contribution >= 0.6 is 0 Å². The Bertz CT molecular complexity index is 529. The topological polar surface area (TPSA) is 53.6 Å². The van der Waals surface area contributed by atoms with Gasteiger partial charge in [-0.3, -0.25) is 0 Å². The van der Waals surface area contributed by atoms with Crippen molar-refractivity contribution in [3.05, 3.63) is 35.9 Å². The van der Waals surface area contributed by atoms with Crippen LogP contribution in [0.5, 0.6) is 0 Å². The third kappa shape index (κ3) is 6.01. The first-order valence-electron chi connectivity index (χ1n) is 9.64. The molecule has 0 unspecified atom stereocenters. The summed E-state index contributed by atoms with van der Waals surface area (Å²) in [7, 11) is 0. The number of amides is 2. The molecule has 2 heterocycles. The molecule has 2 saturated heterocycles. The summed E-state index contributed by atoms with van der Waals surface area (Å²) >= 11 is 0. The molecule has 1 aromatic rings. The van der Waals surface area contributed by atoms with E-state index in [4.69, 9.17) is 4.74 Å². The average molecular weight is 345 g/mol. The Hall–Kier alpha value is -1.59. The van der Waals surface area contributed by atoms with E-state index in [9.17, 15) is 4.79 Å². The molecule has 25 heavy (non-hydrogen) atoms. The van der Waals surface area contributed by atoms with Gasteiger partial charge in [0.1, 0.15) is 0 Å². The fraction of sp³-hybridized carbons (Fsp3) is 0.650. The summed E-state index contributed by atoms with van der Waals surface area (Å²) in [6.45, 7) is 6.03. The Balaban J connectivity index is 1.32. The summed E-state index contributed by atoms with van der Waals surface area (Å²) in [6, 6.07) is 11.2. The number of carbonyl (C=O) groups excluding carboxylic acids is 1. The molecular formula is C20H31N3O2. The highest BCUT2D eigenvalue weighted by Crippen LogP contribution is 2.14. The van der Waals surface area contributed by atoms with E-state index in [1.807, 2.05) is 0 Å². The van der Waals surface area contributed by atoms with Crippen molar-refractivity contribution in [1.82, 2.24) is 15.5 Å². The molecule has 2 fully saturated rings. The molecule has 3 rings (SSSR count). The van der Waals surface area contributed by atoms with Gasteiger partial charge in [-0.05, 0) is 44.6 Å². The van der Waals surface area contributed by atoms with E-state index < -0.39 is 0 Å². The van der Waals surface area contributed by atoms with E-state index in [1.54, 1.807) is 0 Å². The van der Waals surface area contributed by atoms with Crippen molar-refractivity contribution in [1.29, 1.82) is 0 Å². The van der Waals surface area contributed by atoms with E-state index in [0.717, 1.165) is 58.3 Å². The third-order valence-corrected chi connectivity index (χ3v) is 5.30. The smallest absolute Gasteiger partial charge is 0.315 e. The largest absolute Gasteiger partial charge is 0.378 e. The minimum atomic E-state index is -0.0122. The second-order valence-corrected chi connectivity index (χ2v) is 7.37. The summed E-state index contributed by atoms with van der Waals surface area (Å²) in [6.07, 6.45) is 5.23. The van der Waals surface area contributed by atoms with Gasteiger partial charge < -0.3 is 20.3 Å². The molecule has 5 nitrogen and oxygen atoms in total. The van der Waals surface area contributed by atoms with Crippen molar-refractivity contribution in [3.63, 3.8) is 0 Å². The highest BCUT2D eigenvalue weighted by molar-refractivity contribution is 5.74. The number of carbonyl (C=O) groups is 1. The van der Waals surface area contributed by atoms with Gasteiger partial charge in [0, 0.05) is 38.3 Å². The van der Waals surface area contributed by atoms with E-state index >= 15 is 0 Å². The maximum absolute atomic E-state index is 12.2. The van der Waals surface area contributed by atoms with Crippen LogP contribution in [0.4, 0.5) is 4.79 Å². The van der Waals surface area contributed by atoms with Crippen LogP contribution in [0.2, 0.25) is 0 Å². The number of ether oxygens (including phenoxy) is 1. The van der Waals surface area contributed by atoms with Gasteiger partial charge in [0.2, 0.25) is 0 Å². The second kappa shape index (κ2) is 9.20. The fourth-order valence-electron chi connectivity index (χ4n) is 3.77. The standard InChI is InChI=1S/C20H31N3O2/c1-16-15-19(10-14-25-16)22-20(24)21-18-8-12-23(13-9-18)11-7-17-5-3-2-4-6-17/h2-6,16,18-19H,7-15H2,1H3,(H2,21,22,24)/t16-,19-/m1/s1. The maximum Gasteiger partial charge on any atom is 0.315 e. The Morgan fingerprint density at radius 3 is 2.56 bits per heavy atom. The van der Waals surface area contributed by atoms with Gasteiger partial charge in [0.25, 0.3) is 0 Å². The van der Waals surface area contributed by atoms with Crippen molar-refractivity contribution < 1.29 is 9.53 Å². The maximum atomic E-state index is 12.2. The molecule has 5 heteroatoms. The van der Waals surface area contributed by atoms with Crippen molar-refractivity contribution in [2.75, 3.05) is 26.2 Å². The van der Waals surface area contributed by atoms with Crippen LogP contribution in [-0.2, 0) is 11.2 Å². The lowest BCUT2D eigenvalue weighted by Gasteiger charge is -2.33. The Labute approximate surface area is 151 Å². The van der Waals surface area contributed by atoms with Gasteiger partial charge in [0.05, 0.1) is 6.10 Å². The molecule has 2 N–H and O–H groups in total. The molecule has 2 aliphatic rings. The molecule has 138 valence electrons. The van der Waals surface area contributed by atoms with Crippen molar-refractivity contribution in [3.8, 4) is 0 Å². The van der Waals surface area contributed by atoms with Crippen LogP contribution < -0.4 is 10.6 Å². The summed E-state index contributed by atoms with van der Waals surface area (Å²) in [4.78, 5) is 14.7. The van der Waals surface area contributed by atoms with Crippen LogP contribution in [0.1, 0.15) is 38.2 Å². The highest BCUT2D eigenvalue weighted by atomic mass is 16.5. The third-order valence-electron chi connectivity index (χ3n) is 5.30. The minimum absolute atomic E-state index is 0.0122. The van der Waals surface area contributed by atoms with Gasteiger partial charge in [-0.15, -0.1) is 0 Å². The lowest BCUT2D eigenvalue weighted by atomic mass is 10.0. The monoisotopic (exact) mass is 345 g/mol. The number of urea groups is 1. The number of nitrogens with zero attached hydrogens (tertiary/aromatic N) is 1. The van der Waals surface area contributed by atoms with Crippen LogP contribution in [-0.4, -0.2) is 55.4 Å². The number of nitrogens with one attached hydrogen (secondary N) is 2. The molecule has 2 atom stereocenters. The lowest BCUT2D eigenvalue weighted by molar-refractivity contribution is 0.0153. The van der Waals surface area contributed by atoms with E-state index in [1.165, 1.54) is 5.56 Å². The summed E-state index contributed by atoms with van der Waals surface area (Å²) in [5.74, 6) is 0. The predicted octanol–water partition coefficient (Wildman–Crippen LogP) is 2.56. The Morgan fingerprint density at radius 1 is 1.12 bits per heavy atom. The van der Waals surface area contributed by atoms with Gasteiger partial charge in [-0.2, -0.15) is 0 Å². The summed E-state index contributed by atoms with van der Waals surface area (Å²) in [5.41, 5.74) is 1.40. The minimum Gasteiger partial charge on any atom is -0.378 e. The molecule has 0 aromatic heterocycles. The predicted molar refractivity (Wildman–Crippen MR) is 99.7 cm³/mol. The molecule has 2 amide bonds. The molecule has 0 radical (unpaired) electrons. The first-order chi connectivity index (χ1) is 12.2. The molecule has 0 saturated carbocycles.